The third kappa shape index (κ3) is 4.84. The number of hydrogen-bond acceptors (Lipinski definition) is 5. The molecule has 0 bridgehead atoms. The van der Waals surface area contributed by atoms with Gasteiger partial charge in [0.1, 0.15) is 10.6 Å². The molecule has 1 N–H and O–H groups in total. The average Bonchev–Trinajstić information content (AvgIpc) is 2.91. The Morgan fingerprint density at radius 3 is 2.43 bits per heavy atom. The molecule has 1 aliphatic heterocycles. The van der Waals surface area contributed by atoms with Crippen LogP contribution in [0.15, 0.2) is 29.2 Å². The van der Waals surface area contributed by atoms with E-state index in [4.69, 9.17) is 4.74 Å². The highest BCUT2D eigenvalue weighted by molar-refractivity contribution is 7.89. The number of carbonyl (C=O) groups excluding carboxylic acids is 1. The van der Waals surface area contributed by atoms with Crippen LogP contribution in [0.25, 0.3) is 0 Å². The van der Waals surface area contributed by atoms with Crippen LogP contribution in [0.1, 0.15) is 43.1 Å². The summed E-state index contributed by atoms with van der Waals surface area (Å²) in [4.78, 5) is 14.5. The lowest BCUT2D eigenvalue weighted by Crippen LogP contribution is -2.39. The van der Waals surface area contributed by atoms with Crippen LogP contribution in [0.3, 0.4) is 0 Å². The molecule has 1 fully saturated rings. The van der Waals surface area contributed by atoms with Gasteiger partial charge in [-0.05, 0) is 43.9 Å². The van der Waals surface area contributed by atoms with E-state index in [1.165, 1.54) is 9.87 Å². The van der Waals surface area contributed by atoms with E-state index in [2.05, 4.69) is 24.0 Å². The minimum Gasteiger partial charge on any atom is -0.484 e. The summed E-state index contributed by atoms with van der Waals surface area (Å²) in [6.45, 7) is 9.02. The van der Waals surface area contributed by atoms with E-state index >= 15 is 0 Å². The van der Waals surface area contributed by atoms with Crippen molar-refractivity contribution in [1.29, 1.82) is 0 Å². The number of carbonyl (C=O) groups is 1. The predicted molar refractivity (Wildman–Crippen MR) is 114 cm³/mol. The monoisotopic (exact) mass is 434 g/mol. The molecule has 0 spiro atoms. The van der Waals surface area contributed by atoms with Crippen molar-refractivity contribution in [1.82, 2.24) is 19.4 Å². The Labute approximate surface area is 178 Å². The summed E-state index contributed by atoms with van der Waals surface area (Å²) >= 11 is 0. The standard InChI is InChI=1S/C21H30N4O4S/c1-15(2)18-6-8-19(9-7-18)29-14-20(26)24-10-5-11-25(13-12-24)30(27,28)21-16(3)22-23-17(21)4/h6-9,15H,5,10-14H2,1-4H3,(H,22,23). The van der Waals surface area contributed by atoms with Crippen molar-refractivity contribution < 1.29 is 17.9 Å². The molecule has 0 saturated carbocycles. The van der Waals surface area contributed by atoms with Crippen LogP contribution in [0.2, 0.25) is 0 Å². The van der Waals surface area contributed by atoms with Crippen LogP contribution in [-0.4, -0.2) is 66.5 Å². The van der Waals surface area contributed by atoms with Gasteiger partial charge in [-0.15, -0.1) is 0 Å². The molecule has 9 heteroatoms. The Morgan fingerprint density at radius 2 is 1.83 bits per heavy atom. The van der Waals surface area contributed by atoms with Gasteiger partial charge < -0.3 is 9.64 Å². The van der Waals surface area contributed by atoms with E-state index in [1.807, 2.05) is 24.3 Å². The summed E-state index contributed by atoms with van der Waals surface area (Å²) in [6, 6.07) is 7.74. The molecule has 8 nitrogen and oxygen atoms in total. The summed E-state index contributed by atoms with van der Waals surface area (Å²) in [6.07, 6.45) is 0.573. The quantitative estimate of drug-likeness (QED) is 0.753. The van der Waals surface area contributed by atoms with E-state index in [1.54, 1.807) is 18.7 Å². The predicted octanol–water partition coefficient (Wildman–Crippen LogP) is 2.45. The summed E-state index contributed by atoms with van der Waals surface area (Å²) in [7, 11) is -3.65. The molecule has 1 aromatic carbocycles. The lowest BCUT2D eigenvalue weighted by molar-refractivity contribution is -0.133. The maximum atomic E-state index is 13.0. The summed E-state index contributed by atoms with van der Waals surface area (Å²) in [5, 5.41) is 6.73. The minimum absolute atomic E-state index is 0.0618. The molecule has 2 aromatic rings. The number of aryl methyl sites for hydroxylation is 2. The zero-order valence-electron chi connectivity index (χ0n) is 18.0. The van der Waals surface area contributed by atoms with Crippen molar-refractivity contribution >= 4 is 15.9 Å². The molecular formula is C21H30N4O4S. The molecule has 1 aromatic heterocycles. The number of ether oxygens (including phenoxy) is 1. The molecule has 0 unspecified atom stereocenters. The van der Waals surface area contributed by atoms with E-state index < -0.39 is 10.0 Å². The van der Waals surface area contributed by atoms with Crippen molar-refractivity contribution in [3.63, 3.8) is 0 Å². The second kappa shape index (κ2) is 9.18. The fraction of sp³-hybridized carbons (Fsp3) is 0.524. The maximum absolute atomic E-state index is 13.0. The number of hydrogen-bond donors (Lipinski definition) is 1. The van der Waals surface area contributed by atoms with Crippen molar-refractivity contribution in [3.8, 4) is 5.75 Å². The third-order valence-corrected chi connectivity index (χ3v) is 7.54. The lowest BCUT2D eigenvalue weighted by atomic mass is 10.0. The smallest absolute Gasteiger partial charge is 0.260 e. The number of rotatable bonds is 6. The molecular weight excluding hydrogens is 404 g/mol. The molecule has 0 aliphatic carbocycles. The zero-order chi connectivity index (χ0) is 21.9. The molecule has 1 amide bonds. The molecule has 3 rings (SSSR count). The van der Waals surface area contributed by atoms with Gasteiger partial charge in [0.25, 0.3) is 5.91 Å². The molecule has 0 radical (unpaired) electrons. The average molecular weight is 435 g/mol. The fourth-order valence-electron chi connectivity index (χ4n) is 3.62. The van der Waals surface area contributed by atoms with Crippen LogP contribution < -0.4 is 4.74 Å². The van der Waals surface area contributed by atoms with Crippen LogP contribution in [0.4, 0.5) is 0 Å². The van der Waals surface area contributed by atoms with Gasteiger partial charge in [0.15, 0.2) is 6.61 Å². The SMILES string of the molecule is Cc1n[nH]c(C)c1S(=O)(=O)N1CCCN(C(=O)COc2ccc(C(C)C)cc2)CC1. The number of H-pyrrole nitrogens is 1. The minimum atomic E-state index is -3.65. The first kappa shape index (κ1) is 22.3. The van der Waals surface area contributed by atoms with Crippen LogP contribution in [0.5, 0.6) is 5.75 Å². The van der Waals surface area contributed by atoms with Gasteiger partial charge in [-0.25, -0.2) is 8.42 Å². The summed E-state index contributed by atoms with van der Waals surface area (Å²) in [5.74, 6) is 0.946. The van der Waals surface area contributed by atoms with E-state index in [0.717, 1.165) is 0 Å². The first-order valence-electron chi connectivity index (χ1n) is 10.2. The normalized spacial score (nSPS) is 16.0. The van der Waals surface area contributed by atoms with Gasteiger partial charge in [-0.3, -0.25) is 9.89 Å². The van der Waals surface area contributed by atoms with Crippen molar-refractivity contribution in [3.05, 3.63) is 41.2 Å². The van der Waals surface area contributed by atoms with E-state index in [9.17, 15) is 13.2 Å². The number of sulfonamides is 1. The number of nitrogens with zero attached hydrogens (tertiary/aromatic N) is 3. The van der Waals surface area contributed by atoms with Gasteiger partial charge in [0.05, 0.1) is 11.4 Å². The molecule has 164 valence electrons. The molecule has 1 saturated heterocycles. The Hall–Kier alpha value is -2.39. The third-order valence-electron chi connectivity index (χ3n) is 5.38. The molecule has 30 heavy (non-hydrogen) atoms. The number of aromatic nitrogens is 2. The van der Waals surface area contributed by atoms with Gasteiger partial charge >= 0.3 is 0 Å². The van der Waals surface area contributed by atoms with Crippen LogP contribution >= 0.6 is 0 Å². The zero-order valence-corrected chi connectivity index (χ0v) is 18.8. The second-order valence-corrected chi connectivity index (χ2v) is 9.79. The fourth-order valence-corrected chi connectivity index (χ4v) is 5.42. The Kier molecular flexibility index (Phi) is 6.82. The van der Waals surface area contributed by atoms with Gasteiger partial charge in [-0.2, -0.15) is 9.40 Å². The lowest BCUT2D eigenvalue weighted by Gasteiger charge is -2.22. The highest BCUT2D eigenvalue weighted by atomic mass is 32.2. The first-order chi connectivity index (χ1) is 14.2. The van der Waals surface area contributed by atoms with Gasteiger partial charge in [-0.1, -0.05) is 26.0 Å². The highest BCUT2D eigenvalue weighted by Gasteiger charge is 2.31. The highest BCUT2D eigenvalue weighted by Crippen LogP contribution is 2.23. The largest absolute Gasteiger partial charge is 0.484 e. The molecule has 0 atom stereocenters. The Morgan fingerprint density at radius 1 is 1.13 bits per heavy atom. The number of amides is 1. The van der Waals surface area contributed by atoms with Gasteiger partial charge in [0.2, 0.25) is 10.0 Å². The Balaban J connectivity index is 1.58. The Bertz CT molecular complexity index is 963. The summed E-state index contributed by atoms with van der Waals surface area (Å²) < 4.78 is 33.2. The van der Waals surface area contributed by atoms with E-state index in [-0.39, 0.29) is 24.0 Å². The van der Waals surface area contributed by atoms with Crippen molar-refractivity contribution in [2.75, 3.05) is 32.8 Å². The van der Waals surface area contributed by atoms with Crippen LogP contribution in [-0.2, 0) is 14.8 Å². The first-order valence-corrected chi connectivity index (χ1v) is 11.7. The van der Waals surface area contributed by atoms with E-state index in [0.29, 0.717) is 49.1 Å². The molecule has 1 aliphatic rings. The van der Waals surface area contributed by atoms with Crippen molar-refractivity contribution in [2.24, 2.45) is 0 Å². The van der Waals surface area contributed by atoms with Crippen LogP contribution in [0, 0.1) is 13.8 Å². The number of benzene rings is 1. The summed E-state index contributed by atoms with van der Waals surface area (Å²) in [5.41, 5.74) is 2.20. The number of nitrogens with one attached hydrogen (secondary N) is 1. The molecule has 2 heterocycles. The van der Waals surface area contributed by atoms with Crippen molar-refractivity contribution in [2.45, 2.75) is 44.9 Å². The maximum Gasteiger partial charge on any atom is 0.260 e. The second-order valence-electron chi connectivity index (χ2n) is 7.91. The topological polar surface area (TPSA) is 95.6 Å². The number of aromatic amines is 1. The van der Waals surface area contributed by atoms with Gasteiger partial charge in [0, 0.05) is 26.2 Å².